The number of aliphatic hydroxyl groups is 2. The van der Waals surface area contributed by atoms with E-state index in [1.165, 1.54) is 6.42 Å². The second-order valence-electron chi connectivity index (χ2n) is 4.53. The van der Waals surface area contributed by atoms with E-state index in [2.05, 4.69) is 6.92 Å². The van der Waals surface area contributed by atoms with Crippen LogP contribution < -0.4 is 0 Å². The van der Waals surface area contributed by atoms with Gasteiger partial charge in [0, 0.05) is 5.92 Å². The molecule has 2 nitrogen and oxygen atoms in total. The molecule has 0 aromatic rings. The fraction of sp³-hybridized carbons (Fsp3) is 1.00. The first-order valence-corrected chi connectivity index (χ1v) is 5.06. The molecule has 12 heavy (non-hydrogen) atoms. The van der Waals surface area contributed by atoms with Crippen LogP contribution in [0.25, 0.3) is 0 Å². The molecule has 0 bridgehead atoms. The summed E-state index contributed by atoms with van der Waals surface area (Å²) in [4.78, 5) is 0. The van der Waals surface area contributed by atoms with Crippen molar-refractivity contribution in [3.05, 3.63) is 0 Å². The van der Waals surface area contributed by atoms with Gasteiger partial charge in [0.2, 0.25) is 0 Å². The van der Waals surface area contributed by atoms with Gasteiger partial charge < -0.3 is 10.2 Å². The third kappa shape index (κ3) is 1.17. The lowest BCUT2D eigenvalue weighted by molar-refractivity contribution is -0.0417. The molecular weight excluding hydrogens is 152 g/mol. The van der Waals surface area contributed by atoms with Crippen molar-refractivity contribution in [1.29, 1.82) is 0 Å². The average Bonchev–Trinajstić information content (AvgIpc) is 2.41. The molecule has 5 unspecified atom stereocenters. The van der Waals surface area contributed by atoms with E-state index in [1.54, 1.807) is 0 Å². The van der Waals surface area contributed by atoms with Crippen molar-refractivity contribution >= 4 is 0 Å². The van der Waals surface area contributed by atoms with Crippen molar-refractivity contribution < 1.29 is 10.2 Å². The Kier molecular flexibility index (Phi) is 2.13. The Morgan fingerprint density at radius 1 is 1.00 bits per heavy atom. The second-order valence-corrected chi connectivity index (χ2v) is 4.53. The van der Waals surface area contributed by atoms with Crippen LogP contribution in [0.2, 0.25) is 0 Å². The molecule has 0 spiro atoms. The van der Waals surface area contributed by atoms with E-state index < -0.39 is 0 Å². The van der Waals surface area contributed by atoms with Gasteiger partial charge in [-0.15, -0.1) is 0 Å². The molecule has 0 aromatic carbocycles. The van der Waals surface area contributed by atoms with E-state index >= 15 is 0 Å². The second kappa shape index (κ2) is 3.00. The smallest absolute Gasteiger partial charge is 0.0621 e. The van der Waals surface area contributed by atoms with Crippen molar-refractivity contribution in [2.45, 2.75) is 44.8 Å². The molecule has 0 amide bonds. The maximum atomic E-state index is 9.86. The largest absolute Gasteiger partial charge is 0.393 e. The zero-order chi connectivity index (χ0) is 8.72. The quantitative estimate of drug-likeness (QED) is 0.573. The lowest BCUT2D eigenvalue weighted by atomic mass is 9.74. The summed E-state index contributed by atoms with van der Waals surface area (Å²) in [6, 6.07) is 0. The number of aliphatic hydroxyl groups excluding tert-OH is 2. The van der Waals surface area contributed by atoms with Crippen molar-refractivity contribution in [3.63, 3.8) is 0 Å². The summed E-state index contributed by atoms with van der Waals surface area (Å²) in [6.45, 7) is 2.09. The topological polar surface area (TPSA) is 40.5 Å². The van der Waals surface area contributed by atoms with Crippen LogP contribution in [0.1, 0.15) is 32.6 Å². The monoisotopic (exact) mass is 170 g/mol. The number of fused-ring (bicyclic) bond motifs is 1. The summed E-state index contributed by atoms with van der Waals surface area (Å²) in [7, 11) is 0. The first kappa shape index (κ1) is 8.52. The van der Waals surface area contributed by atoms with Gasteiger partial charge in [-0.25, -0.2) is 0 Å². The van der Waals surface area contributed by atoms with E-state index in [-0.39, 0.29) is 18.1 Å². The first-order valence-electron chi connectivity index (χ1n) is 5.06. The van der Waals surface area contributed by atoms with Gasteiger partial charge in [-0.3, -0.25) is 0 Å². The summed E-state index contributed by atoms with van der Waals surface area (Å²) in [5.41, 5.74) is 0. The Morgan fingerprint density at radius 3 is 2.42 bits per heavy atom. The zero-order valence-electron chi connectivity index (χ0n) is 7.61. The molecule has 2 aliphatic carbocycles. The molecule has 5 atom stereocenters. The molecule has 0 aromatic heterocycles. The lowest BCUT2D eigenvalue weighted by Gasteiger charge is -2.36. The Hall–Kier alpha value is -0.0800. The molecule has 2 saturated carbocycles. The number of hydrogen-bond donors (Lipinski definition) is 2. The minimum atomic E-state index is -0.249. The molecule has 2 rings (SSSR count). The minimum absolute atomic E-state index is 0.189. The Balaban J connectivity index is 2.11. The van der Waals surface area contributed by atoms with Crippen LogP contribution in [0.15, 0.2) is 0 Å². The van der Waals surface area contributed by atoms with E-state index in [4.69, 9.17) is 0 Å². The van der Waals surface area contributed by atoms with Crippen LogP contribution in [-0.2, 0) is 0 Å². The highest BCUT2D eigenvalue weighted by atomic mass is 16.3. The van der Waals surface area contributed by atoms with E-state index in [0.29, 0.717) is 11.8 Å². The summed E-state index contributed by atoms with van der Waals surface area (Å²) in [5.74, 6) is 1.18. The summed E-state index contributed by atoms with van der Waals surface area (Å²) in [6.07, 6.45) is 3.89. The molecule has 0 saturated heterocycles. The average molecular weight is 170 g/mol. The summed E-state index contributed by atoms with van der Waals surface area (Å²) >= 11 is 0. The van der Waals surface area contributed by atoms with Crippen LogP contribution in [0.3, 0.4) is 0 Å². The van der Waals surface area contributed by atoms with Crippen molar-refractivity contribution in [2.24, 2.45) is 17.8 Å². The highest BCUT2D eigenvalue weighted by molar-refractivity contribution is 4.94. The lowest BCUT2D eigenvalue weighted by Crippen LogP contribution is -2.40. The van der Waals surface area contributed by atoms with Gasteiger partial charge >= 0.3 is 0 Å². The van der Waals surface area contributed by atoms with Gasteiger partial charge in [-0.2, -0.15) is 0 Å². The standard InChI is InChI=1S/C10H18O2/c1-6-2-3-7-4-5-8(11)9(7)10(6)12/h6-12H,2-5H2,1H3. The van der Waals surface area contributed by atoms with Crippen LogP contribution in [0.5, 0.6) is 0 Å². The molecule has 0 aliphatic heterocycles. The predicted molar refractivity (Wildman–Crippen MR) is 46.6 cm³/mol. The molecule has 70 valence electrons. The van der Waals surface area contributed by atoms with E-state index in [1.807, 2.05) is 0 Å². The normalized spacial score (nSPS) is 53.8. The van der Waals surface area contributed by atoms with Gasteiger partial charge in [0.15, 0.2) is 0 Å². The maximum absolute atomic E-state index is 9.86. The van der Waals surface area contributed by atoms with Gasteiger partial charge in [-0.05, 0) is 37.5 Å². The number of hydrogen-bond acceptors (Lipinski definition) is 2. The Labute approximate surface area is 73.6 Å². The molecular formula is C10H18O2. The predicted octanol–water partition coefficient (Wildman–Crippen LogP) is 1.16. The Bertz CT molecular complexity index is 169. The molecule has 2 fully saturated rings. The van der Waals surface area contributed by atoms with Crippen LogP contribution in [0, 0.1) is 17.8 Å². The molecule has 0 radical (unpaired) electrons. The third-order valence-corrected chi connectivity index (χ3v) is 3.79. The summed E-state index contributed by atoms with van der Waals surface area (Å²) in [5, 5.41) is 19.5. The van der Waals surface area contributed by atoms with Crippen molar-refractivity contribution in [1.82, 2.24) is 0 Å². The van der Waals surface area contributed by atoms with Crippen molar-refractivity contribution in [2.75, 3.05) is 0 Å². The van der Waals surface area contributed by atoms with Crippen LogP contribution >= 0.6 is 0 Å². The van der Waals surface area contributed by atoms with Crippen LogP contribution in [-0.4, -0.2) is 22.4 Å². The van der Waals surface area contributed by atoms with Gasteiger partial charge in [0.25, 0.3) is 0 Å². The Morgan fingerprint density at radius 2 is 1.67 bits per heavy atom. The van der Waals surface area contributed by atoms with Gasteiger partial charge in [0.05, 0.1) is 12.2 Å². The molecule has 0 heterocycles. The third-order valence-electron chi connectivity index (χ3n) is 3.79. The number of rotatable bonds is 0. The molecule has 2 N–H and O–H groups in total. The summed E-state index contributed by atoms with van der Waals surface area (Å²) < 4.78 is 0. The molecule has 2 heteroatoms. The van der Waals surface area contributed by atoms with Crippen LogP contribution in [0.4, 0.5) is 0 Å². The molecule has 2 aliphatic rings. The van der Waals surface area contributed by atoms with Gasteiger partial charge in [0.1, 0.15) is 0 Å². The fourth-order valence-electron chi connectivity index (χ4n) is 2.95. The minimum Gasteiger partial charge on any atom is -0.393 e. The highest BCUT2D eigenvalue weighted by Crippen LogP contribution is 2.44. The van der Waals surface area contributed by atoms with Crippen molar-refractivity contribution in [3.8, 4) is 0 Å². The van der Waals surface area contributed by atoms with E-state index in [0.717, 1.165) is 19.3 Å². The SMILES string of the molecule is CC1CCC2CCC(O)C2C1O. The van der Waals surface area contributed by atoms with E-state index in [9.17, 15) is 10.2 Å². The highest BCUT2D eigenvalue weighted by Gasteiger charge is 2.44. The van der Waals surface area contributed by atoms with Gasteiger partial charge in [-0.1, -0.05) is 6.92 Å². The zero-order valence-corrected chi connectivity index (χ0v) is 7.61. The fourth-order valence-corrected chi connectivity index (χ4v) is 2.95. The maximum Gasteiger partial charge on any atom is 0.0621 e. The first-order chi connectivity index (χ1) is 5.70.